The van der Waals surface area contributed by atoms with Gasteiger partial charge in [-0.05, 0) is 38.1 Å². The number of nitrogens with one attached hydrogen (secondary N) is 1. The van der Waals surface area contributed by atoms with E-state index in [1.54, 1.807) is 18.7 Å². The summed E-state index contributed by atoms with van der Waals surface area (Å²) in [5.74, 6) is -0.226. The fourth-order valence-electron chi connectivity index (χ4n) is 4.22. The number of hydrogen-bond donors (Lipinski definition) is 1. The minimum Gasteiger partial charge on any atom is -0.488 e. The van der Waals surface area contributed by atoms with Gasteiger partial charge in [-0.2, -0.15) is 0 Å². The molecule has 3 aromatic rings. The van der Waals surface area contributed by atoms with Crippen molar-refractivity contribution in [2.75, 3.05) is 18.4 Å². The summed E-state index contributed by atoms with van der Waals surface area (Å²) < 4.78 is 47.0. The Balaban J connectivity index is 1.61. The number of aromatic nitrogens is 1. The number of anilines is 1. The van der Waals surface area contributed by atoms with Crippen LogP contribution in [0.5, 0.6) is 5.75 Å². The van der Waals surface area contributed by atoms with Gasteiger partial charge in [0.05, 0.1) is 23.7 Å². The molecule has 2 atom stereocenters. The molecule has 5 nitrogen and oxygen atoms in total. The number of aryl methyl sites for hydroxylation is 1. The van der Waals surface area contributed by atoms with Crippen LogP contribution in [0, 0.1) is 12.7 Å². The summed E-state index contributed by atoms with van der Waals surface area (Å²) in [4.78, 5) is 17.9. The first-order valence-corrected chi connectivity index (χ1v) is 10.9. The van der Waals surface area contributed by atoms with Gasteiger partial charge in [0, 0.05) is 42.2 Å². The van der Waals surface area contributed by atoms with E-state index >= 15 is 0 Å². The molecule has 1 amide bonds. The molecule has 4 rings (SSSR count). The standard InChI is InChI=1S/C25H26F3N3O2/c1-14-11-23(30-15(2)19-5-4-6-20(24(19)26)25(27)28)21-12-17(7-8-22(21)29-14)33-18-9-10-31(13-18)16(3)32/h4-8,11-12,15,18,25H,9-10,13H2,1-3H3,(H,29,30). The maximum atomic E-state index is 14.7. The van der Waals surface area contributed by atoms with Crippen LogP contribution in [0.2, 0.25) is 0 Å². The first-order valence-electron chi connectivity index (χ1n) is 10.9. The van der Waals surface area contributed by atoms with Crippen LogP contribution in [-0.2, 0) is 4.79 Å². The Hall–Kier alpha value is -3.29. The summed E-state index contributed by atoms with van der Waals surface area (Å²) in [6.45, 7) is 6.34. The van der Waals surface area contributed by atoms with Gasteiger partial charge in [0.25, 0.3) is 6.43 Å². The van der Waals surface area contributed by atoms with Crippen molar-refractivity contribution in [3.05, 3.63) is 65.1 Å². The predicted octanol–water partition coefficient (Wildman–Crippen LogP) is 5.79. The van der Waals surface area contributed by atoms with Gasteiger partial charge >= 0.3 is 0 Å². The number of halogens is 3. The number of carbonyl (C=O) groups excluding carboxylic acids is 1. The van der Waals surface area contributed by atoms with Crippen molar-refractivity contribution in [2.45, 2.75) is 45.8 Å². The van der Waals surface area contributed by atoms with Crippen molar-refractivity contribution < 1.29 is 22.7 Å². The van der Waals surface area contributed by atoms with Crippen LogP contribution in [0.1, 0.15) is 49.6 Å². The van der Waals surface area contributed by atoms with E-state index in [0.717, 1.165) is 29.1 Å². The quantitative estimate of drug-likeness (QED) is 0.509. The Morgan fingerprint density at radius 3 is 2.67 bits per heavy atom. The van der Waals surface area contributed by atoms with Gasteiger partial charge in [-0.15, -0.1) is 0 Å². The second-order valence-electron chi connectivity index (χ2n) is 8.40. The minimum absolute atomic E-state index is 0.0305. The monoisotopic (exact) mass is 457 g/mol. The molecule has 8 heteroatoms. The Kier molecular flexibility index (Phi) is 6.44. The lowest BCUT2D eigenvalue weighted by atomic mass is 10.0. The number of rotatable bonds is 6. The van der Waals surface area contributed by atoms with Gasteiger partial charge in [-0.3, -0.25) is 9.78 Å². The fourth-order valence-corrected chi connectivity index (χ4v) is 4.22. The number of carbonyl (C=O) groups is 1. The molecule has 1 saturated heterocycles. The van der Waals surface area contributed by atoms with E-state index in [1.165, 1.54) is 12.1 Å². The third-order valence-electron chi connectivity index (χ3n) is 5.93. The first-order chi connectivity index (χ1) is 15.7. The third kappa shape index (κ3) is 4.89. The van der Waals surface area contributed by atoms with Gasteiger partial charge in [0.2, 0.25) is 5.91 Å². The molecule has 2 heterocycles. The second-order valence-corrected chi connectivity index (χ2v) is 8.40. The van der Waals surface area contributed by atoms with E-state index in [1.807, 2.05) is 31.2 Å². The van der Waals surface area contributed by atoms with E-state index in [-0.39, 0.29) is 17.6 Å². The van der Waals surface area contributed by atoms with E-state index in [2.05, 4.69) is 10.3 Å². The van der Waals surface area contributed by atoms with Crippen molar-refractivity contribution in [1.29, 1.82) is 0 Å². The van der Waals surface area contributed by atoms with Gasteiger partial charge in [0.15, 0.2) is 0 Å². The van der Waals surface area contributed by atoms with Gasteiger partial charge < -0.3 is 15.0 Å². The van der Waals surface area contributed by atoms with Crippen molar-refractivity contribution in [2.24, 2.45) is 0 Å². The van der Waals surface area contributed by atoms with E-state index in [0.29, 0.717) is 24.5 Å². The highest BCUT2D eigenvalue weighted by Gasteiger charge is 2.26. The molecule has 33 heavy (non-hydrogen) atoms. The normalized spacial score (nSPS) is 16.9. The number of benzene rings is 2. The van der Waals surface area contributed by atoms with E-state index < -0.39 is 23.8 Å². The van der Waals surface area contributed by atoms with Crippen LogP contribution in [0.25, 0.3) is 10.9 Å². The highest BCUT2D eigenvalue weighted by molar-refractivity contribution is 5.92. The first kappa shape index (κ1) is 22.9. The summed E-state index contributed by atoms with van der Waals surface area (Å²) in [5, 5.41) is 4.03. The molecule has 1 aliphatic heterocycles. The van der Waals surface area contributed by atoms with Crippen LogP contribution in [0.15, 0.2) is 42.5 Å². The minimum atomic E-state index is -2.88. The third-order valence-corrected chi connectivity index (χ3v) is 5.93. The molecule has 174 valence electrons. The zero-order chi connectivity index (χ0) is 23.7. The number of ether oxygens (including phenoxy) is 1. The zero-order valence-electron chi connectivity index (χ0n) is 18.7. The van der Waals surface area contributed by atoms with Crippen LogP contribution < -0.4 is 10.1 Å². The Morgan fingerprint density at radius 2 is 1.97 bits per heavy atom. The molecule has 1 aliphatic rings. The molecular weight excluding hydrogens is 431 g/mol. The molecule has 1 N–H and O–H groups in total. The average molecular weight is 457 g/mol. The molecule has 1 aromatic heterocycles. The number of nitrogens with zero attached hydrogens (tertiary/aromatic N) is 2. The average Bonchev–Trinajstić information content (AvgIpc) is 3.23. The molecule has 0 bridgehead atoms. The lowest BCUT2D eigenvalue weighted by molar-refractivity contribution is -0.128. The van der Waals surface area contributed by atoms with E-state index in [9.17, 15) is 18.0 Å². The van der Waals surface area contributed by atoms with Crippen LogP contribution in [0.3, 0.4) is 0 Å². The number of alkyl halides is 2. The maximum Gasteiger partial charge on any atom is 0.266 e. The van der Waals surface area contributed by atoms with Gasteiger partial charge in [-0.1, -0.05) is 18.2 Å². The van der Waals surface area contributed by atoms with Crippen LogP contribution in [0.4, 0.5) is 18.9 Å². The smallest absolute Gasteiger partial charge is 0.266 e. The largest absolute Gasteiger partial charge is 0.488 e. The molecule has 0 radical (unpaired) electrons. The summed E-state index contributed by atoms with van der Waals surface area (Å²) in [6, 6.07) is 10.9. The van der Waals surface area contributed by atoms with Crippen LogP contribution in [-0.4, -0.2) is 35.0 Å². The molecule has 2 aromatic carbocycles. The Bertz CT molecular complexity index is 1190. The Labute approximate surface area is 190 Å². The van der Waals surface area contributed by atoms with E-state index in [4.69, 9.17) is 4.74 Å². The molecule has 0 spiro atoms. The van der Waals surface area contributed by atoms with Crippen molar-refractivity contribution in [3.63, 3.8) is 0 Å². The lowest BCUT2D eigenvalue weighted by Crippen LogP contribution is -2.28. The fraction of sp³-hybridized carbons (Fsp3) is 0.360. The van der Waals surface area contributed by atoms with Crippen molar-refractivity contribution in [1.82, 2.24) is 9.88 Å². The zero-order valence-corrected chi connectivity index (χ0v) is 18.7. The molecule has 1 fully saturated rings. The second kappa shape index (κ2) is 9.29. The number of amides is 1. The number of likely N-dealkylation sites (tertiary alicyclic amines) is 1. The summed E-state index contributed by atoms with van der Waals surface area (Å²) >= 11 is 0. The molecular formula is C25H26F3N3O2. The van der Waals surface area contributed by atoms with Crippen molar-refractivity contribution in [3.8, 4) is 5.75 Å². The van der Waals surface area contributed by atoms with Crippen molar-refractivity contribution >= 4 is 22.5 Å². The summed E-state index contributed by atoms with van der Waals surface area (Å²) in [5.41, 5.74) is 1.76. The molecule has 0 saturated carbocycles. The van der Waals surface area contributed by atoms with Gasteiger partial charge in [-0.25, -0.2) is 13.2 Å². The molecule has 0 aliphatic carbocycles. The highest BCUT2D eigenvalue weighted by Crippen LogP contribution is 2.33. The molecule has 2 unspecified atom stereocenters. The SMILES string of the molecule is CC(=O)N1CCC(Oc2ccc3nc(C)cc(NC(C)c4cccc(C(F)F)c4F)c3c2)C1. The number of hydrogen-bond acceptors (Lipinski definition) is 4. The summed E-state index contributed by atoms with van der Waals surface area (Å²) in [6.07, 6.45) is -2.22. The lowest BCUT2D eigenvalue weighted by Gasteiger charge is -2.20. The topological polar surface area (TPSA) is 54.5 Å². The predicted molar refractivity (Wildman–Crippen MR) is 121 cm³/mol. The van der Waals surface area contributed by atoms with Gasteiger partial charge in [0.1, 0.15) is 17.7 Å². The Morgan fingerprint density at radius 1 is 1.21 bits per heavy atom. The number of pyridine rings is 1. The highest BCUT2D eigenvalue weighted by atomic mass is 19.3. The summed E-state index contributed by atoms with van der Waals surface area (Å²) in [7, 11) is 0. The van der Waals surface area contributed by atoms with Crippen LogP contribution >= 0.6 is 0 Å². The maximum absolute atomic E-state index is 14.7. The number of fused-ring (bicyclic) bond motifs is 1.